The van der Waals surface area contributed by atoms with Crippen LogP contribution in [0.2, 0.25) is 5.15 Å². The van der Waals surface area contributed by atoms with Crippen molar-refractivity contribution in [3.63, 3.8) is 0 Å². The van der Waals surface area contributed by atoms with Crippen LogP contribution in [0.5, 0.6) is 0 Å². The van der Waals surface area contributed by atoms with Gasteiger partial charge in [-0.3, -0.25) is 14.9 Å². The number of hydrogen-bond donors (Lipinski definition) is 2. The normalized spacial score (nSPS) is 21.3. The molecule has 1 aliphatic heterocycles. The highest BCUT2D eigenvalue weighted by Gasteiger charge is 2.41. The van der Waals surface area contributed by atoms with Gasteiger partial charge in [0.05, 0.1) is 11.0 Å². The van der Waals surface area contributed by atoms with Crippen LogP contribution in [-0.2, 0) is 4.79 Å². The Morgan fingerprint density at radius 1 is 1.52 bits per heavy atom. The minimum atomic E-state index is -1.29. The second kappa shape index (κ2) is 5.62. The number of likely N-dealkylation sites (tertiary alicyclic amines) is 1. The van der Waals surface area contributed by atoms with Gasteiger partial charge in [-0.25, -0.2) is 9.78 Å². The third-order valence-electron chi connectivity index (χ3n) is 3.12. The zero-order valence-corrected chi connectivity index (χ0v) is 11.2. The minimum Gasteiger partial charge on any atom is -0.480 e. The van der Waals surface area contributed by atoms with E-state index in [1.165, 1.54) is 0 Å². The van der Waals surface area contributed by atoms with E-state index in [2.05, 4.69) is 4.98 Å². The summed E-state index contributed by atoms with van der Waals surface area (Å²) in [5.74, 6) is -2.17. The first-order chi connectivity index (χ1) is 9.82. The topological polar surface area (TPSA) is 134 Å². The predicted octanol–water partition coefficient (Wildman–Crippen LogP) is 0.303. The lowest BCUT2D eigenvalue weighted by Gasteiger charge is -2.21. The predicted molar refractivity (Wildman–Crippen MR) is 69.0 cm³/mol. The number of aromatic nitrogens is 1. The molecule has 0 radical (unpaired) electrons. The zero-order valence-electron chi connectivity index (χ0n) is 10.5. The fourth-order valence-corrected chi connectivity index (χ4v) is 2.43. The molecule has 1 aliphatic rings. The van der Waals surface area contributed by atoms with Crippen molar-refractivity contribution in [3.8, 4) is 0 Å². The standard InChI is InChI=1S/C11H10ClN3O6/c12-9-8(15(20)21)6(1-2-13-9)10(17)14-4-5(16)3-7(14)11(18)19/h1-2,5,7,16H,3-4H2,(H,18,19)/t5-,7-/m1/s1. The molecule has 112 valence electrons. The molecule has 0 unspecified atom stereocenters. The van der Waals surface area contributed by atoms with Crippen LogP contribution in [0.3, 0.4) is 0 Å². The van der Waals surface area contributed by atoms with Crippen molar-refractivity contribution in [3.05, 3.63) is 33.1 Å². The fraction of sp³-hybridized carbons (Fsp3) is 0.364. The molecule has 1 amide bonds. The number of aliphatic carboxylic acids is 1. The number of aliphatic hydroxyl groups is 1. The lowest BCUT2D eigenvalue weighted by molar-refractivity contribution is -0.385. The number of carboxylic acid groups (broad SMARTS) is 1. The van der Waals surface area contributed by atoms with Crippen molar-refractivity contribution in [2.45, 2.75) is 18.6 Å². The van der Waals surface area contributed by atoms with Crippen LogP contribution in [0.4, 0.5) is 5.69 Å². The molecule has 21 heavy (non-hydrogen) atoms. The number of nitrogens with zero attached hydrogens (tertiary/aromatic N) is 3. The second-order valence-electron chi connectivity index (χ2n) is 4.46. The largest absolute Gasteiger partial charge is 0.480 e. The van der Waals surface area contributed by atoms with E-state index in [9.17, 15) is 24.8 Å². The molecule has 2 rings (SSSR count). The quantitative estimate of drug-likeness (QED) is 0.465. The van der Waals surface area contributed by atoms with Gasteiger partial charge in [-0.2, -0.15) is 0 Å². The van der Waals surface area contributed by atoms with Crippen LogP contribution >= 0.6 is 11.6 Å². The van der Waals surface area contributed by atoms with E-state index in [4.69, 9.17) is 16.7 Å². The Kier molecular flexibility index (Phi) is 4.05. The van der Waals surface area contributed by atoms with E-state index < -0.39 is 39.8 Å². The van der Waals surface area contributed by atoms with E-state index >= 15 is 0 Å². The summed E-state index contributed by atoms with van der Waals surface area (Å²) in [6, 6.07) is -0.144. The Labute approximate surface area is 122 Å². The number of carboxylic acids is 1. The monoisotopic (exact) mass is 315 g/mol. The van der Waals surface area contributed by atoms with Crippen LogP contribution in [0, 0.1) is 10.1 Å². The highest BCUT2D eigenvalue weighted by molar-refractivity contribution is 6.32. The van der Waals surface area contributed by atoms with Gasteiger partial charge in [0.2, 0.25) is 5.15 Å². The van der Waals surface area contributed by atoms with Gasteiger partial charge in [-0.15, -0.1) is 0 Å². The SMILES string of the molecule is O=C(O)[C@H]1C[C@@H](O)CN1C(=O)c1ccnc(Cl)c1[N+](=O)[O-]. The molecular formula is C11H10ClN3O6. The maximum Gasteiger partial charge on any atom is 0.326 e. The first-order valence-corrected chi connectivity index (χ1v) is 6.21. The molecule has 2 N–H and O–H groups in total. The van der Waals surface area contributed by atoms with Crippen molar-refractivity contribution >= 4 is 29.2 Å². The van der Waals surface area contributed by atoms with Crippen molar-refractivity contribution in [2.24, 2.45) is 0 Å². The molecule has 1 aromatic rings. The van der Waals surface area contributed by atoms with Gasteiger partial charge in [0, 0.05) is 19.2 Å². The van der Waals surface area contributed by atoms with E-state index in [1.54, 1.807) is 0 Å². The molecule has 1 fully saturated rings. The number of carbonyl (C=O) groups excluding carboxylic acids is 1. The number of β-amino-alcohol motifs (C(OH)–C–C–N with tert-alkyl or cyclic N) is 1. The molecule has 10 heteroatoms. The molecule has 2 atom stereocenters. The summed E-state index contributed by atoms with van der Waals surface area (Å²) in [7, 11) is 0. The highest BCUT2D eigenvalue weighted by Crippen LogP contribution is 2.29. The number of pyridine rings is 1. The maximum atomic E-state index is 12.3. The molecule has 0 aliphatic carbocycles. The van der Waals surface area contributed by atoms with Gasteiger partial charge in [-0.1, -0.05) is 11.6 Å². The van der Waals surface area contributed by atoms with Gasteiger partial charge in [0.15, 0.2) is 0 Å². The molecule has 0 bridgehead atoms. The van der Waals surface area contributed by atoms with Crippen LogP contribution < -0.4 is 0 Å². The van der Waals surface area contributed by atoms with Crippen molar-refractivity contribution in [1.82, 2.24) is 9.88 Å². The summed E-state index contributed by atoms with van der Waals surface area (Å²) in [6.45, 7) is -0.215. The number of halogens is 1. The van der Waals surface area contributed by atoms with Gasteiger partial charge in [0.1, 0.15) is 11.6 Å². The number of amides is 1. The minimum absolute atomic E-state index is 0.131. The number of nitro groups is 1. The van der Waals surface area contributed by atoms with Crippen molar-refractivity contribution < 1.29 is 24.7 Å². The van der Waals surface area contributed by atoms with Crippen LogP contribution in [0.1, 0.15) is 16.8 Å². The summed E-state index contributed by atoms with van der Waals surface area (Å²) in [6.07, 6.45) is -0.00941. The van der Waals surface area contributed by atoms with Gasteiger partial charge < -0.3 is 15.1 Å². The third kappa shape index (κ3) is 2.78. The summed E-state index contributed by atoms with van der Waals surface area (Å²) >= 11 is 5.61. The van der Waals surface area contributed by atoms with Crippen molar-refractivity contribution in [1.29, 1.82) is 0 Å². The van der Waals surface area contributed by atoms with E-state index in [0.29, 0.717) is 0 Å². The molecule has 1 aromatic heterocycles. The maximum absolute atomic E-state index is 12.3. The van der Waals surface area contributed by atoms with Gasteiger partial charge in [-0.05, 0) is 6.07 Å². The summed E-state index contributed by atoms with van der Waals surface area (Å²) in [5, 5.41) is 29.1. The molecule has 9 nitrogen and oxygen atoms in total. The molecule has 1 saturated heterocycles. The third-order valence-corrected chi connectivity index (χ3v) is 3.39. The molecular weight excluding hydrogens is 306 g/mol. The Morgan fingerprint density at radius 2 is 2.19 bits per heavy atom. The van der Waals surface area contributed by atoms with Crippen LogP contribution in [0.15, 0.2) is 12.3 Å². The average Bonchev–Trinajstić information content (AvgIpc) is 2.79. The van der Waals surface area contributed by atoms with Crippen LogP contribution in [-0.4, -0.2) is 55.6 Å². The average molecular weight is 316 g/mol. The highest BCUT2D eigenvalue weighted by atomic mass is 35.5. The Morgan fingerprint density at radius 3 is 2.76 bits per heavy atom. The second-order valence-corrected chi connectivity index (χ2v) is 4.81. The van der Waals surface area contributed by atoms with Gasteiger partial charge >= 0.3 is 11.7 Å². The van der Waals surface area contributed by atoms with E-state index in [1.807, 2.05) is 0 Å². The summed E-state index contributed by atoms with van der Waals surface area (Å²) in [4.78, 5) is 38.0. The van der Waals surface area contributed by atoms with Crippen molar-refractivity contribution in [2.75, 3.05) is 6.54 Å². The molecule has 0 aromatic carbocycles. The number of carbonyl (C=O) groups is 2. The van der Waals surface area contributed by atoms with Gasteiger partial charge in [0.25, 0.3) is 5.91 Å². The molecule has 0 spiro atoms. The number of aliphatic hydroxyl groups excluding tert-OH is 1. The first-order valence-electron chi connectivity index (χ1n) is 5.83. The molecule has 2 heterocycles. The number of hydrogen-bond acceptors (Lipinski definition) is 6. The Bertz CT molecular complexity index is 622. The lowest BCUT2D eigenvalue weighted by atomic mass is 10.1. The Hall–Kier alpha value is -2.26. The Balaban J connectivity index is 2.43. The number of rotatable bonds is 3. The van der Waals surface area contributed by atoms with E-state index in [0.717, 1.165) is 17.2 Å². The van der Waals surface area contributed by atoms with E-state index in [-0.39, 0.29) is 18.5 Å². The molecule has 0 saturated carbocycles. The van der Waals surface area contributed by atoms with Crippen LogP contribution in [0.25, 0.3) is 0 Å². The smallest absolute Gasteiger partial charge is 0.326 e. The first kappa shape index (κ1) is 15.1. The summed E-state index contributed by atoms with van der Waals surface area (Å²) < 4.78 is 0. The summed E-state index contributed by atoms with van der Waals surface area (Å²) in [5.41, 5.74) is -1.05. The fourth-order valence-electron chi connectivity index (χ4n) is 2.20. The zero-order chi connectivity index (χ0) is 15.7. The lowest BCUT2D eigenvalue weighted by Crippen LogP contribution is -2.40.